The van der Waals surface area contributed by atoms with Gasteiger partial charge in [0.2, 0.25) is 0 Å². The molecule has 0 saturated heterocycles. The molecular weight excluding hydrogens is 571 g/mol. The van der Waals surface area contributed by atoms with Crippen LogP contribution in [0.3, 0.4) is 0 Å². The summed E-state index contributed by atoms with van der Waals surface area (Å²) in [6, 6.07) is 9.72. The van der Waals surface area contributed by atoms with Gasteiger partial charge in [-0.3, -0.25) is 14.4 Å². The first kappa shape index (κ1) is 28.0. The molecule has 0 saturated carbocycles. The molecule has 12 heteroatoms. The van der Waals surface area contributed by atoms with Gasteiger partial charge in [-0.2, -0.15) is 0 Å². The minimum absolute atomic E-state index is 0.0198. The van der Waals surface area contributed by atoms with E-state index >= 15 is 0 Å². The molecule has 10 nitrogen and oxygen atoms in total. The molecule has 2 heterocycles. The minimum Gasteiger partial charge on any atom is -0.478 e. The van der Waals surface area contributed by atoms with Gasteiger partial charge in [0.15, 0.2) is 10.9 Å². The largest absolute Gasteiger partial charge is 0.478 e. The lowest BCUT2D eigenvalue weighted by atomic mass is 9.85. The molecule has 5 rings (SSSR count). The minimum atomic E-state index is -1.27. The number of nitrogens with zero attached hydrogens (tertiary/aromatic N) is 2. The molecule has 4 aromatic rings. The average Bonchev–Trinajstić information content (AvgIpc) is 3.51. The second kappa shape index (κ2) is 10.1. The van der Waals surface area contributed by atoms with E-state index in [-0.39, 0.29) is 56.4 Å². The third-order valence-corrected chi connectivity index (χ3v) is 7.42. The number of fused-ring (bicyclic) bond motifs is 1. The molecule has 1 aromatic heterocycles. The van der Waals surface area contributed by atoms with Crippen LogP contribution in [0.5, 0.6) is 0 Å². The van der Waals surface area contributed by atoms with Crippen molar-refractivity contribution in [3.63, 3.8) is 0 Å². The highest BCUT2D eigenvalue weighted by molar-refractivity contribution is 6.33. The molecule has 41 heavy (non-hydrogen) atoms. The Labute approximate surface area is 243 Å². The zero-order valence-corrected chi connectivity index (χ0v) is 23.5. The fourth-order valence-corrected chi connectivity index (χ4v) is 5.17. The van der Waals surface area contributed by atoms with Crippen LogP contribution in [0.25, 0.3) is 4.85 Å². The summed E-state index contributed by atoms with van der Waals surface area (Å²) in [7, 11) is 0. The molecule has 1 aliphatic rings. The van der Waals surface area contributed by atoms with Gasteiger partial charge in [-0.1, -0.05) is 44.5 Å². The first-order valence-electron chi connectivity index (χ1n) is 12.3. The molecule has 0 spiro atoms. The van der Waals surface area contributed by atoms with Crippen molar-refractivity contribution in [1.82, 2.24) is 0 Å². The SMILES string of the molecule is [C-]#[N+]c1ccc(C(=O)O)c(N2Cc3c(Cl)ccc(Nc4c(N[C@@H](c5ccc(Cl)o5)C(C)(C)C)c(=O)c4=O)c3C2=O)c1. The van der Waals surface area contributed by atoms with Crippen LogP contribution in [0.4, 0.5) is 28.4 Å². The van der Waals surface area contributed by atoms with Crippen molar-refractivity contribution in [2.75, 3.05) is 15.5 Å². The quantitative estimate of drug-likeness (QED) is 0.163. The molecule has 1 amide bonds. The number of furan rings is 1. The molecule has 0 unspecified atom stereocenters. The number of benzene rings is 2. The maximum atomic E-state index is 13.7. The highest BCUT2D eigenvalue weighted by Gasteiger charge is 2.37. The number of carboxylic acids is 1. The number of anilines is 4. The van der Waals surface area contributed by atoms with Crippen molar-refractivity contribution in [3.8, 4) is 0 Å². The number of halogens is 2. The van der Waals surface area contributed by atoms with Crippen molar-refractivity contribution < 1.29 is 19.1 Å². The summed E-state index contributed by atoms with van der Waals surface area (Å²) in [5, 5.41) is 16.2. The highest BCUT2D eigenvalue weighted by Crippen LogP contribution is 2.42. The number of hydrogen-bond donors (Lipinski definition) is 3. The number of carbonyl (C=O) groups excluding carboxylic acids is 1. The topological polar surface area (TPSA) is 133 Å². The van der Waals surface area contributed by atoms with Crippen molar-refractivity contribution in [1.29, 1.82) is 0 Å². The standard InChI is InChI=1S/C29H22Cl2N4O6/c1-29(2,3)26(19-9-10-20(31)41-19)34-23-22(24(36)25(23)37)33-17-8-7-16(30)15-12-35(27(38)21(15)17)18-11-13(32-4)5-6-14(18)28(39)40/h5-11,26,33-34H,12H2,1-3H3,(H,39,40)/t26-/m0/s1. The van der Waals surface area contributed by atoms with E-state index in [1.54, 1.807) is 12.1 Å². The molecule has 1 atom stereocenters. The summed E-state index contributed by atoms with van der Waals surface area (Å²) in [5.74, 6) is -1.38. The fraction of sp³-hybridized carbons (Fsp3) is 0.207. The van der Waals surface area contributed by atoms with Gasteiger partial charge in [-0.15, -0.1) is 0 Å². The Morgan fingerprint density at radius 3 is 2.39 bits per heavy atom. The number of hydrogen-bond acceptors (Lipinski definition) is 7. The summed E-state index contributed by atoms with van der Waals surface area (Å²) >= 11 is 12.4. The predicted octanol–water partition coefficient (Wildman–Crippen LogP) is 6.53. The van der Waals surface area contributed by atoms with Crippen LogP contribution in [-0.4, -0.2) is 17.0 Å². The summed E-state index contributed by atoms with van der Waals surface area (Å²) in [4.78, 5) is 55.5. The van der Waals surface area contributed by atoms with Gasteiger partial charge in [0, 0.05) is 16.3 Å². The van der Waals surface area contributed by atoms with Gasteiger partial charge < -0.3 is 25.1 Å². The maximum Gasteiger partial charge on any atom is 0.337 e. The second-order valence-electron chi connectivity index (χ2n) is 10.6. The van der Waals surface area contributed by atoms with Crippen LogP contribution in [0.1, 0.15) is 58.9 Å². The van der Waals surface area contributed by atoms with Crippen molar-refractivity contribution in [2.45, 2.75) is 33.4 Å². The van der Waals surface area contributed by atoms with E-state index in [9.17, 15) is 24.3 Å². The zero-order chi connectivity index (χ0) is 29.8. The summed E-state index contributed by atoms with van der Waals surface area (Å²) in [5.41, 5.74) is -1.24. The zero-order valence-electron chi connectivity index (χ0n) is 22.0. The van der Waals surface area contributed by atoms with E-state index in [2.05, 4.69) is 15.5 Å². The smallest absolute Gasteiger partial charge is 0.337 e. The van der Waals surface area contributed by atoms with Crippen molar-refractivity contribution in [2.24, 2.45) is 5.41 Å². The number of rotatable bonds is 7. The van der Waals surface area contributed by atoms with Gasteiger partial charge in [0.05, 0.1) is 36.0 Å². The van der Waals surface area contributed by atoms with E-state index < -0.39 is 34.2 Å². The van der Waals surface area contributed by atoms with E-state index in [1.807, 2.05) is 20.8 Å². The molecular formula is C29H22Cl2N4O6. The van der Waals surface area contributed by atoms with Gasteiger partial charge >= 0.3 is 5.97 Å². The Balaban J connectivity index is 1.53. The summed E-state index contributed by atoms with van der Waals surface area (Å²) in [6.45, 7) is 13.0. The van der Waals surface area contributed by atoms with E-state index in [0.29, 0.717) is 11.3 Å². The first-order valence-corrected chi connectivity index (χ1v) is 13.1. The Kier molecular flexibility index (Phi) is 6.89. The van der Waals surface area contributed by atoms with E-state index in [1.165, 1.54) is 35.2 Å². The molecule has 208 valence electrons. The Morgan fingerprint density at radius 1 is 1.07 bits per heavy atom. The molecule has 3 aromatic carbocycles. The molecule has 0 radical (unpaired) electrons. The van der Waals surface area contributed by atoms with Crippen LogP contribution >= 0.6 is 23.2 Å². The van der Waals surface area contributed by atoms with Crippen LogP contribution in [0.2, 0.25) is 10.2 Å². The van der Waals surface area contributed by atoms with Crippen molar-refractivity contribution >= 4 is 63.5 Å². The second-order valence-corrected chi connectivity index (χ2v) is 11.4. The molecule has 0 bridgehead atoms. The maximum absolute atomic E-state index is 13.7. The molecule has 0 fully saturated rings. The number of amides is 1. The summed E-state index contributed by atoms with van der Waals surface area (Å²) < 4.78 is 5.58. The van der Waals surface area contributed by atoms with Crippen LogP contribution < -0.4 is 26.4 Å². The Morgan fingerprint density at radius 2 is 1.78 bits per heavy atom. The van der Waals surface area contributed by atoms with Gasteiger partial charge in [0.1, 0.15) is 17.1 Å². The van der Waals surface area contributed by atoms with Crippen molar-refractivity contribution in [3.05, 3.63) is 107 Å². The number of aromatic carboxylic acids is 1. The monoisotopic (exact) mass is 592 g/mol. The van der Waals surface area contributed by atoms with Gasteiger partial charge in [0.25, 0.3) is 16.8 Å². The lowest BCUT2D eigenvalue weighted by molar-refractivity contribution is 0.0697. The highest BCUT2D eigenvalue weighted by atomic mass is 35.5. The summed E-state index contributed by atoms with van der Waals surface area (Å²) in [6.07, 6.45) is 0. The Hall–Kier alpha value is -4.59. The first-order chi connectivity index (χ1) is 19.3. The predicted molar refractivity (Wildman–Crippen MR) is 156 cm³/mol. The van der Waals surface area contributed by atoms with Gasteiger partial charge in [-0.05, 0) is 47.3 Å². The third-order valence-electron chi connectivity index (χ3n) is 6.87. The lowest BCUT2D eigenvalue weighted by Crippen LogP contribution is -2.39. The molecule has 1 aliphatic heterocycles. The molecule has 3 N–H and O–H groups in total. The van der Waals surface area contributed by atoms with Crippen LogP contribution in [0.15, 0.2) is 56.5 Å². The number of carbonyl (C=O) groups is 2. The van der Waals surface area contributed by atoms with Crippen LogP contribution in [-0.2, 0) is 6.54 Å². The lowest BCUT2D eigenvalue weighted by Gasteiger charge is -2.31. The number of carboxylic acid groups (broad SMARTS) is 1. The van der Waals surface area contributed by atoms with E-state index in [0.717, 1.165) is 0 Å². The molecule has 0 aliphatic carbocycles. The third kappa shape index (κ3) is 4.84. The average molecular weight is 593 g/mol. The number of nitrogens with one attached hydrogen (secondary N) is 2. The van der Waals surface area contributed by atoms with E-state index in [4.69, 9.17) is 34.2 Å². The van der Waals surface area contributed by atoms with Gasteiger partial charge in [-0.25, -0.2) is 9.64 Å². The normalized spacial score (nSPS) is 13.7. The van der Waals surface area contributed by atoms with Crippen LogP contribution in [0, 0.1) is 12.0 Å². The Bertz CT molecular complexity index is 1860. The fourth-order valence-electron chi connectivity index (χ4n) is 4.80.